The summed E-state index contributed by atoms with van der Waals surface area (Å²) < 4.78 is 2.02. The second-order valence-electron chi connectivity index (χ2n) is 5.30. The lowest BCUT2D eigenvalue weighted by Gasteiger charge is -2.00. The lowest BCUT2D eigenvalue weighted by molar-refractivity contribution is -0.646. The number of pyridine rings is 2. The van der Waals surface area contributed by atoms with Crippen LogP contribution in [0, 0.1) is 6.92 Å². The average molecular weight is 275 g/mol. The van der Waals surface area contributed by atoms with Crippen LogP contribution in [0.25, 0.3) is 33.5 Å². The monoisotopic (exact) mass is 275 g/mol. The molecule has 21 heavy (non-hydrogen) atoms. The number of aryl methyl sites for hydroxylation is 2. The van der Waals surface area contributed by atoms with Crippen LogP contribution in [-0.4, -0.2) is 15.0 Å². The van der Waals surface area contributed by atoms with Gasteiger partial charge in [0, 0.05) is 16.6 Å². The zero-order chi connectivity index (χ0) is 14.4. The van der Waals surface area contributed by atoms with Crippen LogP contribution in [0.3, 0.4) is 0 Å². The van der Waals surface area contributed by atoms with Gasteiger partial charge in [-0.25, -0.2) is 4.57 Å². The molecule has 1 aromatic carbocycles. The topological polar surface area (TPSA) is 45.5 Å². The van der Waals surface area contributed by atoms with Crippen LogP contribution in [0.5, 0.6) is 0 Å². The number of imidazole rings is 1. The van der Waals surface area contributed by atoms with Gasteiger partial charge < -0.3 is 4.98 Å². The van der Waals surface area contributed by atoms with Crippen LogP contribution >= 0.6 is 0 Å². The van der Waals surface area contributed by atoms with Crippen molar-refractivity contribution in [1.82, 2.24) is 15.0 Å². The first-order valence-electron chi connectivity index (χ1n) is 6.93. The largest absolute Gasteiger partial charge is 0.349 e. The van der Waals surface area contributed by atoms with Crippen molar-refractivity contribution in [3.63, 3.8) is 0 Å². The molecular weight excluding hydrogens is 260 g/mol. The summed E-state index contributed by atoms with van der Waals surface area (Å²) in [6.07, 6.45) is 2.00. The third-order valence-electron chi connectivity index (χ3n) is 3.72. The maximum Gasteiger partial charge on any atom is 0.349 e. The predicted octanol–water partition coefficient (Wildman–Crippen LogP) is 2.91. The van der Waals surface area contributed by atoms with Crippen LogP contribution in [0.15, 0.2) is 48.7 Å². The summed E-state index contributed by atoms with van der Waals surface area (Å²) >= 11 is 0. The molecule has 0 atom stereocenters. The second-order valence-corrected chi connectivity index (χ2v) is 5.30. The van der Waals surface area contributed by atoms with Crippen LogP contribution in [0.1, 0.15) is 5.69 Å². The highest BCUT2D eigenvalue weighted by atomic mass is 15.1. The van der Waals surface area contributed by atoms with Gasteiger partial charge in [0.1, 0.15) is 5.52 Å². The van der Waals surface area contributed by atoms with E-state index in [2.05, 4.69) is 28.2 Å². The normalized spacial score (nSPS) is 11.3. The fourth-order valence-corrected chi connectivity index (χ4v) is 2.61. The number of rotatable bonds is 1. The highest BCUT2D eigenvalue weighted by Crippen LogP contribution is 2.23. The highest BCUT2D eigenvalue weighted by Gasteiger charge is 2.15. The van der Waals surface area contributed by atoms with E-state index < -0.39 is 0 Å². The van der Waals surface area contributed by atoms with Crippen LogP contribution < -0.4 is 4.57 Å². The molecule has 4 rings (SSSR count). The molecule has 0 aliphatic heterocycles. The van der Waals surface area contributed by atoms with Crippen LogP contribution in [-0.2, 0) is 7.05 Å². The number of nitrogens with zero attached hydrogens (tertiary/aromatic N) is 3. The number of benzene rings is 1. The van der Waals surface area contributed by atoms with E-state index in [0.29, 0.717) is 0 Å². The predicted molar refractivity (Wildman–Crippen MR) is 82.7 cm³/mol. The van der Waals surface area contributed by atoms with E-state index >= 15 is 0 Å². The Morgan fingerprint density at radius 3 is 2.81 bits per heavy atom. The van der Waals surface area contributed by atoms with Gasteiger partial charge in [0.15, 0.2) is 0 Å². The van der Waals surface area contributed by atoms with Gasteiger partial charge in [0.2, 0.25) is 0 Å². The standard InChI is InChI=1S/C17H14N4/c1-11-5-6-12-10-13(7-8-14(12)18-11)16-19-15-4-3-9-21(2)17(15)20-16/h3-10H,1-2H3/p+1. The van der Waals surface area contributed by atoms with Gasteiger partial charge in [-0.05, 0) is 48.3 Å². The van der Waals surface area contributed by atoms with Crippen molar-refractivity contribution in [2.24, 2.45) is 7.05 Å². The molecule has 4 aromatic rings. The van der Waals surface area contributed by atoms with E-state index in [0.717, 1.165) is 39.1 Å². The summed E-state index contributed by atoms with van der Waals surface area (Å²) in [7, 11) is 2.00. The number of hydrogen-bond acceptors (Lipinski definition) is 2. The van der Waals surface area contributed by atoms with Crippen molar-refractivity contribution in [3.8, 4) is 11.4 Å². The summed E-state index contributed by atoms with van der Waals surface area (Å²) in [5.74, 6) is 0.884. The molecule has 4 nitrogen and oxygen atoms in total. The SMILES string of the molecule is Cc1ccc2cc(-c3nc4c(ccc[n+]4C)[nH]3)ccc2n1. The summed E-state index contributed by atoms with van der Waals surface area (Å²) in [5, 5.41) is 1.13. The van der Waals surface area contributed by atoms with Gasteiger partial charge >= 0.3 is 5.65 Å². The average Bonchev–Trinajstić information content (AvgIpc) is 2.92. The van der Waals surface area contributed by atoms with Crippen molar-refractivity contribution in [3.05, 3.63) is 54.4 Å². The number of hydrogen-bond donors (Lipinski definition) is 1. The molecule has 3 aromatic heterocycles. The number of aromatic amines is 1. The molecule has 1 N–H and O–H groups in total. The molecule has 0 spiro atoms. The quantitative estimate of drug-likeness (QED) is 0.543. The molecule has 4 heteroatoms. The molecule has 102 valence electrons. The minimum absolute atomic E-state index is 0.884. The number of nitrogens with one attached hydrogen (secondary N) is 1. The molecule has 0 radical (unpaired) electrons. The molecule has 0 amide bonds. The molecule has 0 unspecified atom stereocenters. The maximum atomic E-state index is 4.69. The zero-order valence-electron chi connectivity index (χ0n) is 12.0. The molecule has 0 fully saturated rings. The zero-order valence-corrected chi connectivity index (χ0v) is 12.0. The summed E-state index contributed by atoms with van der Waals surface area (Å²) in [4.78, 5) is 12.6. The Morgan fingerprint density at radius 2 is 1.95 bits per heavy atom. The Bertz CT molecular complexity index is 969. The van der Waals surface area contributed by atoms with E-state index in [-0.39, 0.29) is 0 Å². The number of fused-ring (bicyclic) bond motifs is 2. The van der Waals surface area contributed by atoms with Gasteiger partial charge in [0.05, 0.1) is 18.8 Å². The van der Waals surface area contributed by atoms with Crippen molar-refractivity contribution >= 4 is 22.1 Å². The van der Waals surface area contributed by atoms with Gasteiger partial charge in [-0.15, -0.1) is 0 Å². The summed E-state index contributed by atoms with van der Waals surface area (Å²) in [6, 6.07) is 14.4. The first-order valence-corrected chi connectivity index (χ1v) is 6.93. The van der Waals surface area contributed by atoms with E-state index in [1.54, 1.807) is 0 Å². The molecule has 3 heterocycles. The first-order chi connectivity index (χ1) is 10.2. The lowest BCUT2D eigenvalue weighted by atomic mass is 10.1. The third kappa shape index (κ3) is 1.96. The van der Waals surface area contributed by atoms with E-state index in [1.165, 1.54) is 0 Å². The van der Waals surface area contributed by atoms with E-state index in [4.69, 9.17) is 4.98 Å². The Balaban J connectivity index is 1.91. The van der Waals surface area contributed by atoms with Crippen molar-refractivity contribution in [2.45, 2.75) is 6.92 Å². The summed E-state index contributed by atoms with van der Waals surface area (Å²) in [5.41, 5.74) is 5.11. The maximum absolute atomic E-state index is 4.69. The van der Waals surface area contributed by atoms with Crippen molar-refractivity contribution in [1.29, 1.82) is 0 Å². The highest BCUT2D eigenvalue weighted by molar-refractivity contribution is 5.84. The molecule has 0 saturated heterocycles. The first kappa shape index (κ1) is 12.0. The minimum atomic E-state index is 0.884. The van der Waals surface area contributed by atoms with E-state index in [1.807, 2.05) is 49.0 Å². The fourth-order valence-electron chi connectivity index (χ4n) is 2.61. The minimum Gasteiger partial charge on any atom is -0.312 e. The Morgan fingerprint density at radius 1 is 1.05 bits per heavy atom. The molecular formula is C17H15N4+. The smallest absolute Gasteiger partial charge is 0.312 e. The summed E-state index contributed by atoms with van der Waals surface area (Å²) in [6.45, 7) is 2.01. The molecule has 0 bridgehead atoms. The number of aromatic nitrogens is 4. The fraction of sp³-hybridized carbons (Fsp3) is 0.118. The van der Waals surface area contributed by atoms with E-state index in [9.17, 15) is 0 Å². The molecule has 0 saturated carbocycles. The van der Waals surface area contributed by atoms with Crippen molar-refractivity contribution < 1.29 is 4.57 Å². The van der Waals surface area contributed by atoms with Gasteiger partial charge in [-0.3, -0.25) is 4.98 Å². The van der Waals surface area contributed by atoms with Crippen molar-refractivity contribution in [2.75, 3.05) is 0 Å². The Kier molecular flexibility index (Phi) is 2.51. The van der Waals surface area contributed by atoms with Crippen LogP contribution in [0.4, 0.5) is 0 Å². The third-order valence-corrected chi connectivity index (χ3v) is 3.72. The molecule has 0 aliphatic rings. The van der Waals surface area contributed by atoms with Gasteiger partial charge in [-0.2, -0.15) is 0 Å². The number of H-pyrrole nitrogens is 1. The van der Waals surface area contributed by atoms with Crippen LogP contribution in [0.2, 0.25) is 0 Å². The van der Waals surface area contributed by atoms with Gasteiger partial charge in [0.25, 0.3) is 5.82 Å². The molecule has 0 aliphatic carbocycles. The Hall–Kier alpha value is -2.75. The second kappa shape index (κ2) is 4.38. The van der Waals surface area contributed by atoms with Gasteiger partial charge in [-0.1, -0.05) is 6.07 Å². The Labute approximate surface area is 122 Å². The lowest BCUT2D eigenvalue weighted by Crippen LogP contribution is -2.28.